The lowest BCUT2D eigenvalue weighted by atomic mass is 9.92. The van der Waals surface area contributed by atoms with Gasteiger partial charge in [-0.15, -0.1) is 0 Å². The Morgan fingerprint density at radius 3 is 1.95 bits per heavy atom. The van der Waals surface area contributed by atoms with E-state index in [4.69, 9.17) is 8.83 Å². The quantitative estimate of drug-likeness (QED) is 0.225. The number of benzene rings is 6. The van der Waals surface area contributed by atoms with Crippen LogP contribution < -0.4 is 0 Å². The van der Waals surface area contributed by atoms with Crippen LogP contribution in [0.15, 0.2) is 130 Å². The fourth-order valence-corrected chi connectivity index (χ4v) is 5.89. The van der Waals surface area contributed by atoms with E-state index in [1.807, 2.05) is 54.6 Å². The van der Waals surface area contributed by atoms with Gasteiger partial charge in [-0.3, -0.25) is 0 Å². The third kappa shape index (κ3) is 3.75. The average molecular weight is 537 g/mol. The number of fused-ring (bicyclic) bond motifs is 6. The van der Waals surface area contributed by atoms with Crippen LogP contribution in [-0.4, -0.2) is 0 Å². The van der Waals surface area contributed by atoms with E-state index >= 15 is 0 Å². The second-order valence-electron chi connectivity index (χ2n) is 10.4. The van der Waals surface area contributed by atoms with Crippen molar-refractivity contribution >= 4 is 43.9 Å². The minimum Gasteiger partial charge on any atom is -0.456 e. The molecule has 8 aromatic rings. The van der Waals surface area contributed by atoms with Crippen LogP contribution in [-0.2, 0) is 0 Å². The van der Waals surface area contributed by atoms with E-state index in [9.17, 15) is 10.5 Å². The standard InChI is InChI=1S/C38H20N2O2/c39-21-23-5-3-6-25(15-23)27-17-28(26-12-13-32-34-16-24(22-40)11-14-36(34)41-37(32)20-26)19-29(18-27)30-8-4-9-33-31-7-1-2-10-35(31)42-38(30)33/h1-20H. The van der Waals surface area contributed by atoms with Crippen molar-refractivity contribution in [2.24, 2.45) is 0 Å². The minimum atomic E-state index is 0.603. The number of rotatable bonds is 3. The fourth-order valence-electron chi connectivity index (χ4n) is 5.89. The maximum absolute atomic E-state index is 9.56. The predicted octanol–water partition coefficient (Wildman–Crippen LogP) is 10.2. The lowest BCUT2D eigenvalue weighted by Gasteiger charge is -2.12. The van der Waals surface area contributed by atoms with E-state index in [1.54, 1.807) is 6.07 Å². The molecule has 0 unspecified atom stereocenters. The molecule has 0 aliphatic heterocycles. The summed E-state index contributed by atoms with van der Waals surface area (Å²) in [4.78, 5) is 0. The largest absolute Gasteiger partial charge is 0.456 e. The monoisotopic (exact) mass is 536 g/mol. The van der Waals surface area contributed by atoms with Crippen LogP contribution in [0.25, 0.3) is 77.3 Å². The van der Waals surface area contributed by atoms with Crippen LogP contribution in [0.2, 0.25) is 0 Å². The smallest absolute Gasteiger partial charge is 0.143 e. The van der Waals surface area contributed by atoms with Gasteiger partial charge in [-0.05, 0) is 94.5 Å². The normalized spacial score (nSPS) is 11.3. The van der Waals surface area contributed by atoms with Crippen LogP contribution in [0.5, 0.6) is 0 Å². The van der Waals surface area contributed by atoms with Crippen molar-refractivity contribution in [3.05, 3.63) is 132 Å². The summed E-state index contributed by atoms with van der Waals surface area (Å²) >= 11 is 0. The van der Waals surface area contributed by atoms with E-state index in [1.165, 1.54) is 0 Å². The van der Waals surface area contributed by atoms with Gasteiger partial charge in [0.2, 0.25) is 0 Å². The summed E-state index contributed by atoms with van der Waals surface area (Å²) in [5.74, 6) is 0. The van der Waals surface area contributed by atoms with Gasteiger partial charge < -0.3 is 8.83 Å². The van der Waals surface area contributed by atoms with E-state index in [0.29, 0.717) is 11.1 Å². The number of furan rings is 2. The van der Waals surface area contributed by atoms with Crippen LogP contribution in [0, 0.1) is 22.7 Å². The minimum absolute atomic E-state index is 0.603. The maximum Gasteiger partial charge on any atom is 0.143 e. The molecule has 194 valence electrons. The predicted molar refractivity (Wildman–Crippen MR) is 167 cm³/mol. The molecular formula is C38H20N2O2. The second-order valence-corrected chi connectivity index (χ2v) is 10.4. The fraction of sp³-hybridized carbons (Fsp3) is 0. The molecular weight excluding hydrogens is 516 g/mol. The summed E-state index contributed by atoms with van der Waals surface area (Å²) in [5, 5.41) is 23.0. The summed E-state index contributed by atoms with van der Waals surface area (Å²) in [5.41, 5.74) is 10.4. The van der Waals surface area contributed by atoms with E-state index in [2.05, 4.69) is 72.8 Å². The highest BCUT2D eigenvalue weighted by Crippen LogP contribution is 2.40. The first-order chi connectivity index (χ1) is 20.7. The van der Waals surface area contributed by atoms with Crippen molar-refractivity contribution in [1.29, 1.82) is 10.5 Å². The van der Waals surface area contributed by atoms with Gasteiger partial charge in [0.05, 0.1) is 23.3 Å². The molecule has 0 aliphatic carbocycles. The molecule has 0 fully saturated rings. The maximum atomic E-state index is 9.56. The van der Waals surface area contributed by atoms with Crippen molar-refractivity contribution in [2.75, 3.05) is 0 Å². The lowest BCUT2D eigenvalue weighted by molar-refractivity contribution is 0.669. The molecule has 0 saturated carbocycles. The molecule has 0 radical (unpaired) electrons. The highest BCUT2D eigenvalue weighted by Gasteiger charge is 2.16. The zero-order valence-corrected chi connectivity index (χ0v) is 22.3. The number of hydrogen-bond donors (Lipinski definition) is 0. The first-order valence-electron chi connectivity index (χ1n) is 13.6. The Morgan fingerprint density at radius 2 is 1.10 bits per heavy atom. The topological polar surface area (TPSA) is 73.9 Å². The zero-order valence-electron chi connectivity index (χ0n) is 22.3. The summed E-state index contributed by atoms with van der Waals surface area (Å²) < 4.78 is 12.6. The molecule has 0 spiro atoms. The van der Waals surface area contributed by atoms with Gasteiger partial charge in [0.25, 0.3) is 0 Å². The third-order valence-corrected chi connectivity index (χ3v) is 7.91. The number of para-hydroxylation sites is 2. The molecule has 2 aromatic heterocycles. The molecule has 8 rings (SSSR count). The molecule has 0 N–H and O–H groups in total. The second kappa shape index (κ2) is 9.24. The molecule has 0 atom stereocenters. The summed E-state index contributed by atoms with van der Waals surface area (Å²) in [6, 6.07) is 44.7. The first kappa shape index (κ1) is 23.8. The Labute approximate surface area is 240 Å². The highest BCUT2D eigenvalue weighted by molar-refractivity contribution is 6.10. The summed E-state index contributed by atoms with van der Waals surface area (Å²) in [7, 11) is 0. The van der Waals surface area contributed by atoms with Crippen LogP contribution in [0.1, 0.15) is 11.1 Å². The van der Waals surface area contributed by atoms with E-state index in [-0.39, 0.29) is 0 Å². The van der Waals surface area contributed by atoms with E-state index in [0.717, 1.165) is 77.3 Å². The van der Waals surface area contributed by atoms with Crippen molar-refractivity contribution in [3.8, 4) is 45.5 Å². The highest BCUT2D eigenvalue weighted by atomic mass is 16.3. The van der Waals surface area contributed by atoms with Crippen LogP contribution >= 0.6 is 0 Å². The number of nitrogens with zero attached hydrogens (tertiary/aromatic N) is 2. The van der Waals surface area contributed by atoms with Crippen molar-refractivity contribution in [2.45, 2.75) is 0 Å². The molecule has 4 heteroatoms. The van der Waals surface area contributed by atoms with E-state index < -0.39 is 0 Å². The van der Waals surface area contributed by atoms with Gasteiger partial charge in [-0.1, -0.05) is 54.6 Å². The molecule has 6 aromatic carbocycles. The van der Waals surface area contributed by atoms with Gasteiger partial charge in [-0.25, -0.2) is 0 Å². The molecule has 2 heterocycles. The Balaban J connectivity index is 1.37. The van der Waals surface area contributed by atoms with Crippen molar-refractivity contribution < 1.29 is 8.83 Å². The number of hydrogen-bond acceptors (Lipinski definition) is 4. The third-order valence-electron chi connectivity index (χ3n) is 7.91. The molecule has 42 heavy (non-hydrogen) atoms. The molecule has 4 nitrogen and oxygen atoms in total. The lowest BCUT2D eigenvalue weighted by Crippen LogP contribution is -1.87. The van der Waals surface area contributed by atoms with Crippen molar-refractivity contribution in [1.82, 2.24) is 0 Å². The summed E-state index contributed by atoms with van der Waals surface area (Å²) in [6.07, 6.45) is 0. The summed E-state index contributed by atoms with van der Waals surface area (Å²) in [6.45, 7) is 0. The Morgan fingerprint density at radius 1 is 0.405 bits per heavy atom. The van der Waals surface area contributed by atoms with Gasteiger partial charge >= 0.3 is 0 Å². The molecule has 0 amide bonds. The zero-order chi connectivity index (χ0) is 28.2. The molecule has 0 aliphatic rings. The van der Waals surface area contributed by atoms with Gasteiger partial charge in [-0.2, -0.15) is 10.5 Å². The Bertz CT molecular complexity index is 2450. The van der Waals surface area contributed by atoms with Gasteiger partial charge in [0.1, 0.15) is 22.3 Å². The van der Waals surface area contributed by atoms with Gasteiger partial charge in [0, 0.05) is 27.1 Å². The molecule has 0 bridgehead atoms. The van der Waals surface area contributed by atoms with Crippen LogP contribution in [0.4, 0.5) is 0 Å². The molecule has 0 saturated heterocycles. The first-order valence-corrected chi connectivity index (χ1v) is 13.6. The van der Waals surface area contributed by atoms with Crippen molar-refractivity contribution in [3.63, 3.8) is 0 Å². The Kier molecular flexibility index (Phi) is 5.22. The average Bonchev–Trinajstić information content (AvgIpc) is 3.62. The SMILES string of the molecule is N#Cc1cccc(-c2cc(-c3ccc4c(c3)oc3ccc(C#N)cc34)cc(-c3cccc4c3oc3ccccc34)c2)c1. The van der Waals surface area contributed by atoms with Crippen LogP contribution in [0.3, 0.4) is 0 Å². The van der Waals surface area contributed by atoms with Gasteiger partial charge in [0.15, 0.2) is 0 Å². The number of nitriles is 2. The Hall–Kier alpha value is -6.10.